The first-order valence-electron chi connectivity index (χ1n) is 6.64. The van der Waals surface area contributed by atoms with Crippen molar-refractivity contribution in [3.8, 4) is 6.07 Å². The summed E-state index contributed by atoms with van der Waals surface area (Å²) in [4.78, 5) is 11.6. The number of esters is 1. The average molecular weight is 258 g/mol. The molecule has 0 saturated carbocycles. The minimum absolute atomic E-state index is 0.157. The predicted octanol–water partition coefficient (Wildman–Crippen LogP) is 1.78. The van der Waals surface area contributed by atoms with E-state index in [2.05, 4.69) is 11.4 Å². The Hall–Kier alpha value is -1.86. The highest BCUT2D eigenvalue weighted by atomic mass is 16.5. The molecule has 1 aliphatic heterocycles. The summed E-state index contributed by atoms with van der Waals surface area (Å²) in [6.45, 7) is 2.24. The van der Waals surface area contributed by atoms with Crippen LogP contribution in [-0.4, -0.2) is 24.7 Å². The summed E-state index contributed by atoms with van der Waals surface area (Å²) in [7, 11) is 0. The number of carbonyl (C=O) groups excluding carboxylic acids is 1. The van der Waals surface area contributed by atoms with Gasteiger partial charge in [0.25, 0.3) is 0 Å². The summed E-state index contributed by atoms with van der Waals surface area (Å²) >= 11 is 0. The van der Waals surface area contributed by atoms with Crippen molar-refractivity contribution < 1.29 is 9.53 Å². The molecule has 0 aliphatic carbocycles. The maximum atomic E-state index is 11.6. The maximum Gasteiger partial charge on any atom is 0.323 e. The number of hydrogen-bond donors (Lipinski definition) is 1. The first kappa shape index (κ1) is 13.6. The van der Waals surface area contributed by atoms with Gasteiger partial charge in [0.15, 0.2) is 0 Å². The summed E-state index contributed by atoms with van der Waals surface area (Å²) < 4.78 is 5.02. The molecule has 4 nitrogen and oxygen atoms in total. The molecule has 1 aromatic rings. The topological polar surface area (TPSA) is 62.1 Å². The quantitative estimate of drug-likeness (QED) is 0.836. The van der Waals surface area contributed by atoms with Crippen LogP contribution in [0.1, 0.15) is 30.9 Å². The SMILES string of the molecule is CCOC(=O)[C@H]1CC[C@@H](Cc2cccc(C#N)c2)N1. The van der Waals surface area contributed by atoms with E-state index >= 15 is 0 Å². The van der Waals surface area contributed by atoms with Crippen molar-refractivity contribution in [3.05, 3.63) is 35.4 Å². The molecular formula is C15H18N2O2. The van der Waals surface area contributed by atoms with Crippen LogP contribution in [0.25, 0.3) is 0 Å². The number of nitrogens with zero attached hydrogens (tertiary/aromatic N) is 1. The molecule has 1 saturated heterocycles. The van der Waals surface area contributed by atoms with E-state index in [-0.39, 0.29) is 18.1 Å². The van der Waals surface area contributed by atoms with Gasteiger partial charge in [0, 0.05) is 6.04 Å². The zero-order valence-electron chi connectivity index (χ0n) is 11.1. The van der Waals surface area contributed by atoms with E-state index in [0.29, 0.717) is 12.2 Å². The third-order valence-corrected chi connectivity index (χ3v) is 3.35. The molecule has 0 spiro atoms. The number of nitrogens with one attached hydrogen (secondary N) is 1. The second-order valence-corrected chi connectivity index (χ2v) is 4.76. The summed E-state index contributed by atoms with van der Waals surface area (Å²) in [5, 5.41) is 12.2. The van der Waals surface area contributed by atoms with Crippen LogP contribution in [0.3, 0.4) is 0 Å². The summed E-state index contributed by atoms with van der Waals surface area (Å²) in [5.41, 5.74) is 1.80. The largest absolute Gasteiger partial charge is 0.465 e. The molecule has 2 atom stereocenters. The molecule has 1 fully saturated rings. The maximum absolute atomic E-state index is 11.6. The second-order valence-electron chi connectivity index (χ2n) is 4.76. The van der Waals surface area contributed by atoms with E-state index in [1.54, 1.807) is 6.07 Å². The Kier molecular flexibility index (Phi) is 4.53. The van der Waals surface area contributed by atoms with Crippen LogP contribution in [0.15, 0.2) is 24.3 Å². The van der Waals surface area contributed by atoms with Crippen molar-refractivity contribution >= 4 is 5.97 Å². The lowest BCUT2D eigenvalue weighted by atomic mass is 10.0. The van der Waals surface area contributed by atoms with Crippen LogP contribution < -0.4 is 5.32 Å². The van der Waals surface area contributed by atoms with Gasteiger partial charge in [-0.15, -0.1) is 0 Å². The van der Waals surface area contributed by atoms with Gasteiger partial charge in [0.2, 0.25) is 0 Å². The normalized spacial score (nSPS) is 21.9. The molecule has 1 N–H and O–H groups in total. The Morgan fingerprint density at radius 2 is 2.37 bits per heavy atom. The average Bonchev–Trinajstić information content (AvgIpc) is 2.88. The Morgan fingerprint density at radius 3 is 3.11 bits per heavy atom. The molecule has 100 valence electrons. The molecule has 0 unspecified atom stereocenters. The van der Waals surface area contributed by atoms with E-state index in [4.69, 9.17) is 10.00 Å². The van der Waals surface area contributed by atoms with Gasteiger partial charge in [-0.2, -0.15) is 5.26 Å². The van der Waals surface area contributed by atoms with E-state index in [1.807, 2.05) is 25.1 Å². The number of rotatable bonds is 4. The fourth-order valence-corrected chi connectivity index (χ4v) is 2.46. The number of nitriles is 1. The lowest BCUT2D eigenvalue weighted by Gasteiger charge is -2.13. The molecule has 0 bridgehead atoms. The Labute approximate surface area is 113 Å². The number of hydrogen-bond acceptors (Lipinski definition) is 4. The van der Waals surface area contributed by atoms with Crippen molar-refractivity contribution in [3.63, 3.8) is 0 Å². The van der Waals surface area contributed by atoms with Gasteiger partial charge in [-0.3, -0.25) is 4.79 Å². The zero-order valence-corrected chi connectivity index (χ0v) is 11.1. The van der Waals surface area contributed by atoms with Crippen LogP contribution in [0.5, 0.6) is 0 Å². The molecule has 2 rings (SSSR count). The number of ether oxygens (including phenoxy) is 1. The van der Waals surface area contributed by atoms with E-state index < -0.39 is 0 Å². The lowest BCUT2D eigenvalue weighted by Crippen LogP contribution is -2.37. The Bertz CT molecular complexity index is 493. The zero-order chi connectivity index (χ0) is 13.7. The summed E-state index contributed by atoms with van der Waals surface area (Å²) in [6, 6.07) is 9.85. The van der Waals surface area contributed by atoms with Gasteiger partial charge in [0.1, 0.15) is 6.04 Å². The van der Waals surface area contributed by atoms with Gasteiger partial charge in [0.05, 0.1) is 18.2 Å². The highest BCUT2D eigenvalue weighted by Crippen LogP contribution is 2.18. The third kappa shape index (κ3) is 3.55. The summed E-state index contributed by atoms with van der Waals surface area (Å²) in [6.07, 6.45) is 2.62. The standard InChI is InChI=1S/C15H18N2O2/c1-2-19-15(18)14-7-6-13(17-14)9-11-4-3-5-12(8-11)10-16/h3-5,8,13-14,17H,2,6-7,9H2,1H3/t13-,14+/m0/s1. The molecular weight excluding hydrogens is 240 g/mol. The van der Waals surface area contributed by atoms with Crippen LogP contribution in [0.2, 0.25) is 0 Å². The third-order valence-electron chi connectivity index (χ3n) is 3.35. The van der Waals surface area contributed by atoms with Crippen molar-refractivity contribution in [2.75, 3.05) is 6.61 Å². The fraction of sp³-hybridized carbons (Fsp3) is 0.467. The fourth-order valence-electron chi connectivity index (χ4n) is 2.46. The lowest BCUT2D eigenvalue weighted by molar-refractivity contribution is -0.145. The van der Waals surface area contributed by atoms with Crippen molar-refractivity contribution in [1.82, 2.24) is 5.32 Å². The Morgan fingerprint density at radius 1 is 1.53 bits per heavy atom. The first-order valence-corrected chi connectivity index (χ1v) is 6.64. The second kappa shape index (κ2) is 6.35. The van der Waals surface area contributed by atoms with Gasteiger partial charge in [-0.1, -0.05) is 12.1 Å². The van der Waals surface area contributed by atoms with Gasteiger partial charge < -0.3 is 10.1 Å². The molecule has 1 aliphatic rings. The van der Waals surface area contributed by atoms with Gasteiger partial charge in [-0.05, 0) is 43.9 Å². The van der Waals surface area contributed by atoms with Crippen LogP contribution >= 0.6 is 0 Å². The Balaban J connectivity index is 1.91. The van der Waals surface area contributed by atoms with Crippen molar-refractivity contribution in [1.29, 1.82) is 5.26 Å². The van der Waals surface area contributed by atoms with Crippen LogP contribution in [0.4, 0.5) is 0 Å². The summed E-state index contributed by atoms with van der Waals surface area (Å²) in [5.74, 6) is -0.157. The minimum Gasteiger partial charge on any atom is -0.465 e. The van der Waals surface area contributed by atoms with E-state index in [0.717, 1.165) is 24.8 Å². The molecule has 19 heavy (non-hydrogen) atoms. The minimum atomic E-state index is -0.177. The number of benzene rings is 1. The van der Waals surface area contributed by atoms with Crippen molar-refractivity contribution in [2.45, 2.75) is 38.3 Å². The molecule has 1 heterocycles. The van der Waals surface area contributed by atoms with E-state index in [9.17, 15) is 4.79 Å². The van der Waals surface area contributed by atoms with Gasteiger partial charge in [-0.25, -0.2) is 0 Å². The smallest absolute Gasteiger partial charge is 0.323 e. The number of carbonyl (C=O) groups is 1. The molecule has 0 aromatic heterocycles. The molecule has 1 aromatic carbocycles. The molecule has 0 amide bonds. The van der Waals surface area contributed by atoms with Crippen LogP contribution in [-0.2, 0) is 16.0 Å². The predicted molar refractivity (Wildman–Crippen MR) is 71.4 cm³/mol. The van der Waals surface area contributed by atoms with E-state index in [1.165, 1.54) is 0 Å². The highest BCUT2D eigenvalue weighted by molar-refractivity contribution is 5.76. The molecule has 0 radical (unpaired) electrons. The van der Waals surface area contributed by atoms with Crippen LogP contribution in [0, 0.1) is 11.3 Å². The molecule has 4 heteroatoms. The van der Waals surface area contributed by atoms with Crippen molar-refractivity contribution in [2.24, 2.45) is 0 Å². The van der Waals surface area contributed by atoms with Gasteiger partial charge >= 0.3 is 5.97 Å². The monoisotopic (exact) mass is 258 g/mol. The highest BCUT2D eigenvalue weighted by Gasteiger charge is 2.29. The first-order chi connectivity index (χ1) is 9.22.